The van der Waals surface area contributed by atoms with Crippen molar-refractivity contribution in [2.75, 3.05) is 57.8 Å². The van der Waals surface area contributed by atoms with Crippen molar-refractivity contribution in [3.63, 3.8) is 0 Å². The van der Waals surface area contributed by atoms with E-state index in [1.165, 1.54) is 6.07 Å². The molecule has 0 saturated carbocycles. The number of piperidine rings is 1. The second kappa shape index (κ2) is 8.48. The molecule has 11 heteroatoms. The van der Waals surface area contributed by atoms with Gasteiger partial charge in [-0.05, 0) is 26.0 Å². The van der Waals surface area contributed by atoms with E-state index in [0.29, 0.717) is 24.9 Å². The zero-order valence-electron chi connectivity index (χ0n) is 15.7. The van der Waals surface area contributed by atoms with Gasteiger partial charge < -0.3 is 14.5 Å². The lowest BCUT2D eigenvalue weighted by Crippen LogP contribution is -2.52. The molecule has 8 nitrogen and oxygen atoms in total. The quantitative estimate of drug-likeness (QED) is 0.551. The molecule has 0 aliphatic carbocycles. The minimum atomic E-state index is -4.59. The van der Waals surface area contributed by atoms with Crippen LogP contribution in [0.5, 0.6) is 5.88 Å². The lowest BCUT2D eigenvalue weighted by molar-refractivity contribution is -0.386. The first-order valence-corrected chi connectivity index (χ1v) is 9.25. The summed E-state index contributed by atoms with van der Waals surface area (Å²) in [5.41, 5.74) is -0.569. The molecule has 156 valence electrons. The topological polar surface area (TPSA) is 75.0 Å². The highest BCUT2D eigenvalue weighted by Gasteiger charge is 2.32. The average Bonchev–Trinajstić information content (AvgIpc) is 2.66. The monoisotopic (exact) mass is 403 g/mol. The van der Waals surface area contributed by atoms with Gasteiger partial charge in [0.1, 0.15) is 5.82 Å². The number of ether oxygens (including phenoxy) is 1. The first-order chi connectivity index (χ1) is 13.2. The molecule has 2 aliphatic heterocycles. The zero-order valence-corrected chi connectivity index (χ0v) is 15.7. The predicted octanol–water partition coefficient (Wildman–Crippen LogP) is 2.15. The van der Waals surface area contributed by atoms with Gasteiger partial charge in [-0.2, -0.15) is 18.2 Å². The molecule has 1 aromatic heterocycles. The number of piperazine rings is 1. The summed E-state index contributed by atoms with van der Waals surface area (Å²) in [6.07, 6.45) is -2.76. The van der Waals surface area contributed by atoms with Crippen LogP contribution in [0.3, 0.4) is 0 Å². The molecule has 0 amide bonds. The van der Waals surface area contributed by atoms with Gasteiger partial charge in [-0.15, -0.1) is 0 Å². The van der Waals surface area contributed by atoms with Gasteiger partial charge in [0.15, 0.2) is 6.61 Å². The van der Waals surface area contributed by atoms with Gasteiger partial charge >= 0.3 is 11.9 Å². The van der Waals surface area contributed by atoms with Crippen molar-refractivity contribution < 1.29 is 22.8 Å². The Balaban J connectivity index is 1.64. The maximum Gasteiger partial charge on any atom is 0.422 e. The Bertz CT molecular complexity index is 687. The molecule has 1 aromatic rings. The molecule has 3 rings (SSSR count). The lowest BCUT2D eigenvalue weighted by Gasteiger charge is -2.42. The van der Waals surface area contributed by atoms with E-state index in [1.807, 2.05) is 4.90 Å². The van der Waals surface area contributed by atoms with Crippen molar-refractivity contribution in [3.8, 4) is 5.88 Å². The molecule has 28 heavy (non-hydrogen) atoms. The third-order valence-corrected chi connectivity index (χ3v) is 5.24. The summed E-state index contributed by atoms with van der Waals surface area (Å²) in [6, 6.07) is 3.10. The van der Waals surface area contributed by atoms with Gasteiger partial charge in [-0.1, -0.05) is 0 Å². The molecular weight excluding hydrogens is 379 g/mol. The third-order valence-electron chi connectivity index (χ3n) is 5.24. The molecule has 2 fully saturated rings. The zero-order chi connectivity index (χ0) is 20.3. The Hall–Kier alpha value is -2.14. The fraction of sp³-hybridized carbons (Fsp3) is 0.706. The van der Waals surface area contributed by atoms with Crippen molar-refractivity contribution in [2.45, 2.75) is 25.1 Å². The van der Waals surface area contributed by atoms with Crippen molar-refractivity contribution in [1.29, 1.82) is 0 Å². The summed E-state index contributed by atoms with van der Waals surface area (Å²) in [4.78, 5) is 21.0. The minimum Gasteiger partial charge on any atom is -0.463 e. The van der Waals surface area contributed by atoms with Crippen LogP contribution in [-0.2, 0) is 0 Å². The normalized spacial score (nSPS) is 20.4. The number of hydrogen-bond acceptors (Lipinski definition) is 7. The van der Waals surface area contributed by atoms with Gasteiger partial charge in [-0.25, -0.2) is 0 Å². The Morgan fingerprint density at radius 1 is 1.18 bits per heavy atom. The maximum absolute atomic E-state index is 12.4. The Kier molecular flexibility index (Phi) is 6.23. The summed E-state index contributed by atoms with van der Waals surface area (Å²) in [5.74, 6) is -0.194. The molecule has 0 aromatic carbocycles. The largest absolute Gasteiger partial charge is 0.463 e. The maximum atomic E-state index is 12.4. The number of nitro groups is 1. The van der Waals surface area contributed by atoms with E-state index < -0.39 is 29.3 Å². The molecule has 0 atom stereocenters. The molecule has 0 bridgehead atoms. The lowest BCUT2D eigenvalue weighted by atomic mass is 10.0. The summed E-state index contributed by atoms with van der Waals surface area (Å²) in [5, 5.41) is 11.1. The number of hydrogen-bond donors (Lipinski definition) is 0. The number of likely N-dealkylation sites (N-methyl/N-ethyl adjacent to an activating group) is 1. The van der Waals surface area contributed by atoms with Gasteiger partial charge in [0.2, 0.25) is 0 Å². The molecule has 0 spiro atoms. The number of nitrogens with zero attached hydrogens (tertiary/aromatic N) is 5. The van der Waals surface area contributed by atoms with Crippen LogP contribution in [0.15, 0.2) is 12.1 Å². The summed E-state index contributed by atoms with van der Waals surface area (Å²) >= 11 is 0. The minimum absolute atomic E-state index is 0.402. The summed E-state index contributed by atoms with van der Waals surface area (Å²) < 4.78 is 41.9. The number of halogens is 3. The number of alkyl halides is 3. The van der Waals surface area contributed by atoms with E-state index in [2.05, 4.69) is 26.6 Å². The van der Waals surface area contributed by atoms with E-state index in [-0.39, 0.29) is 0 Å². The summed E-state index contributed by atoms with van der Waals surface area (Å²) in [7, 11) is 2.11. The third kappa shape index (κ3) is 5.22. The van der Waals surface area contributed by atoms with Gasteiger partial charge in [0, 0.05) is 51.4 Å². The van der Waals surface area contributed by atoms with Crippen LogP contribution in [0.4, 0.5) is 24.7 Å². The second-order valence-corrected chi connectivity index (χ2v) is 7.21. The van der Waals surface area contributed by atoms with Gasteiger partial charge in [0.05, 0.1) is 4.92 Å². The van der Waals surface area contributed by atoms with Crippen LogP contribution in [0.2, 0.25) is 0 Å². The van der Waals surface area contributed by atoms with Crippen LogP contribution in [-0.4, -0.2) is 84.8 Å². The van der Waals surface area contributed by atoms with Crippen LogP contribution in [0.1, 0.15) is 12.8 Å². The number of pyridine rings is 1. The van der Waals surface area contributed by atoms with Crippen molar-refractivity contribution in [1.82, 2.24) is 14.8 Å². The van der Waals surface area contributed by atoms with Gasteiger partial charge in [-0.3, -0.25) is 15.0 Å². The van der Waals surface area contributed by atoms with E-state index >= 15 is 0 Å². The highest BCUT2D eigenvalue weighted by atomic mass is 19.4. The SMILES string of the molecule is CN1CCN(C2CCN(c3ccc([N+](=O)[O-])c(OCC(F)(F)F)n3)CC2)CC1. The first kappa shape index (κ1) is 20.6. The van der Waals surface area contributed by atoms with E-state index in [0.717, 1.165) is 45.1 Å². The Morgan fingerprint density at radius 3 is 2.39 bits per heavy atom. The van der Waals surface area contributed by atoms with E-state index in [9.17, 15) is 23.3 Å². The first-order valence-electron chi connectivity index (χ1n) is 9.25. The fourth-order valence-electron chi connectivity index (χ4n) is 3.64. The number of anilines is 1. The molecule has 0 N–H and O–H groups in total. The molecular formula is C17H24F3N5O3. The predicted molar refractivity (Wildman–Crippen MR) is 96.7 cm³/mol. The molecule has 0 unspecified atom stereocenters. The highest BCUT2D eigenvalue weighted by Crippen LogP contribution is 2.31. The molecule has 3 heterocycles. The van der Waals surface area contributed by atoms with Crippen molar-refractivity contribution in [2.24, 2.45) is 0 Å². The standard InChI is InChI=1S/C17H24F3N5O3/c1-22-8-10-23(11-9-22)13-4-6-24(7-5-13)15-3-2-14(25(26)27)16(21-15)28-12-17(18,19)20/h2-3,13H,4-12H2,1H3. The Morgan fingerprint density at radius 2 is 1.82 bits per heavy atom. The fourth-order valence-corrected chi connectivity index (χ4v) is 3.64. The molecule has 0 radical (unpaired) electrons. The average molecular weight is 403 g/mol. The van der Waals surface area contributed by atoms with Crippen LogP contribution < -0.4 is 9.64 Å². The van der Waals surface area contributed by atoms with Crippen LogP contribution in [0.25, 0.3) is 0 Å². The number of aromatic nitrogens is 1. The van der Waals surface area contributed by atoms with Crippen molar-refractivity contribution >= 4 is 11.5 Å². The molecule has 2 saturated heterocycles. The highest BCUT2D eigenvalue weighted by molar-refractivity contribution is 5.50. The van der Waals surface area contributed by atoms with Gasteiger partial charge in [0.25, 0.3) is 5.88 Å². The van der Waals surface area contributed by atoms with Crippen molar-refractivity contribution in [3.05, 3.63) is 22.2 Å². The second-order valence-electron chi connectivity index (χ2n) is 7.21. The Labute approximate surface area is 161 Å². The van der Waals surface area contributed by atoms with Crippen LogP contribution in [0, 0.1) is 10.1 Å². The number of rotatable bonds is 5. The van der Waals surface area contributed by atoms with Crippen LogP contribution >= 0.6 is 0 Å². The summed E-state index contributed by atoms with van der Waals surface area (Å²) in [6.45, 7) is 3.93. The van der Waals surface area contributed by atoms with E-state index in [1.54, 1.807) is 0 Å². The molecule has 2 aliphatic rings. The smallest absolute Gasteiger partial charge is 0.422 e. The van der Waals surface area contributed by atoms with E-state index in [4.69, 9.17) is 0 Å².